The average Bonchev–Trinajstić information content (AvgIpc) is 3.21. The number of imidazole rings is 1. The summed E-state index contributed by atoms with van der Waals surface area (Å²) >= 11 is 0. The number of amides is 1. The highest BCUT2D eigenvalue weighted by atomic mass is 16.7. The first-order valence-electron chi connectivity index (χ1n) is 13.1. The summed E-state index contributed by atoms with van der Waals surface area (Å²) in [6.45, 7) is 20.0. The third-order valence-electron chi connectivity index (χ3n) is 6.33. The summed E-state index contributed by atoms with van der Waals surface area (Å²) in [6, 6.07) is 8.37. The van der Waals surface area contributed by atoms with Crippen LogP contribution in [0.25, 0.3) is 5.70 Å². The lowest BCUT2D eigenvalue weighted by atomic mass is 10.1. The molecule has 198 valence electrons. The van der Waals surface area contributed by atoms with Crippen LogP contribution < -0.4 is 15.2 Å². The van der Waals surface area contributed by atoms with E-state index in [-0.39, 0.29) is 0 Å². The van der Waals surface area contributed by atoms with Crippen molar-refractivity contribution < 1.29 is 14.3 Å². The van der Waals surface area contributed by atoms with Crippen molar-refractivity contribution in [1.29, 1.82) is 0 Å². The first kappa shape index (κ1) is 27.7. The lowest BCUT2D eigenvalue weighted by Crippen LogP contribution is -2.43. The third-order valence-corrected chi connectivity index (χ3v) is 6.33. The van der Waals surface area contributed by atoms with Crippen LogP contribution in [0.4, 0.5) is 11.8 Å². The molecule has 0 unspecified atom stereocenters. The Morgan fingerprint density at radius 3 is 2.53 bits per heavy atom. The molecule has 9 nitrogen and oxygen atoms in total. The number of nitrogens with one attached hydrogen (secondary N) is 1. The number of carbonyl (C=O) groups excluding carboxylic acids is 1. The third kappa shape index (κ3) is 5.91. The fraction of sp³-hybridized carbons (Fsp3) is 0.556. The van der Waals surface area contributed by atoms with Gasteiger partial charge in [0.15, 0.2) is 12.1 Å². The van der Waals surface area contributed by atoms with Gasteiger partial charge in [-0.3, -0.25) is 9.80 Å². The largest absolute Gasteiger partial charge is 0.351 e. The number of benzene rings is 1. The molecule has 1 amide bonds. The van der Waals surface area contributed by atoms with E-state index in [1.165, 1.54) is 16.1 Å². The first-order valence-corrected chi connectivity index (χ1v) is 13.1. The van der Waals surface area contributed by atoms with Crippen molar-refractivity contribution in [2.75, 3.05) is 55.8 Å². The Morgan fingerprint density at radius 2 is 1.86 bits per heavy atom. The average molecular weight is 499 g/mol. The summed E-state index contributed by atoms with van der Waals surface area (Å²) in [4.78, 5) is 19.6. The van der Waals surface area contributed by atoms with E-state index in [1.54, 1.807) is 0 Å². The van der Waals surface area contributed by atoms with Crippen LogP contribution in [-0.4, -0.2) is 73.2 Å². The number of fused-ring (bicyclic) bond motifs is 1. The topological polar surface area (TPSA) is 75.1 Å². The molecule has 0 spiro atoms. The van der Waals surface area contributed by atoms with Crippen LogP contribution >= 0.6 is 0 Å². The van der Waals surface area contributed by atoms with Crippen molar-refractivity contribution in [2.45, 2.75) is 53.9 Å². The van der Waals surface area contributed by atoms with Gasteiger partial charge < -0.3 is 24.3 Å². The maximum Gasteiger partial charge on any atom is 0.234 e. The molecule has 2 aliphatic heterocycles. The van der Waals surface area contributed by atoms with Crippen LogP contribution in [0.5, 0.6) is 0 Å². The van der Waals surface area contributed by atoms with Gasteiger partial charge in [0.2, 0.25) is 12.4 Å². The molecule has 2 aliphatic rings. The number of carbonyl (C=O) groups is 1. The summed E-state index contributed by atoms with van der Waals surface area (Å²) in [5.74, 6) is 1.48. The van der Waals surface area contributed by atoms with E-state index in [4.69, 9.17) is 14.5 Å². The van der Waals surface area contributed by atoms with Crippen LogP contribution in [0.3, 0.4) is 0 Å². The minimum Gasteiger partial charge on any atom is -0.351 e. The SMILES string of the molecule is C=C1c2c(nc(N3CCCNCC3)n2Cc2ccccc2C)N(C=O)N1CC(OCC)OCC.CC. The molecule has 3 heterocycles. The van der Waals surface area contributed by atoms with E-state index in [0.717, 1.165) is 50.7 Å². The Kier molecular flexibility index (Phi) is 10.3. The second-order valence-electron chi connectivity index (χ2n) is 8.51. The Hall–Kier alpha value is -2.88. The van der Waals surface area contributed by atoms with E-state index >= 15 is 0 Å². The zero-order valence-electron chi connectivity index (χ0n) is 22.5. The van der Waals surface area contributed by atoms with Crippen molar-refractivity contribution >= 4 is 23.9 Å². The van der Waals surface area contributed by atoms with Gasteiger partial charge in [0, 0.05) is 32.8 Å². The molecule has 0 aliphatic carbocycles. The highest BCUT2D eigenvalue weighted by Crippen LogP contribution is 2.41. The second-order valence-corrected chi connectivity index (χ2v) is 8.51. The molecule has 0 atom stereocenters. The van der Waals surface area contributed by atoms with E-state index in [2.05, 4.69) is 52.6 Å². The molecule has 36 heavy (non-hydrogen) atoms. The Morgan fingerprint density at radius 1 is 1.14 bits per heavy atom. The minimum absolute atomic E-state index is 0.350. The van der Waals surface area contributed by atoms with Crippen molar-refractivity contribution in [1.82, 2.24) is 19.9 Å². The number of hydrogen-bond acceptors (Lipinski definition) is 7. The zero-order chi connectivity index (χ0) is 26.1. The Bertz CT molecular complexity index is 993. The molecule has 4 rings (SSSR count). The summed E-state index contributed by atoms with van der Waals surface area (Å²) in [7, 11) is 0. The minimum atomic E-state index is -0.473. The molecule has 1 saturated heterocycles. The fourth-order valence-electron chi connectivity index (χ4n) is 4.61. The Labute approximate surface area is 215 Å². The molecular formula is C27H42N6O3. The van der Waals surface area contributed by atoms with Gasteiger partial charge >= 0.3 is 0 Å². The van der Waals surface area contributed by atoms with Crippen molar-refractivity contribution in [3.8, 4) is 0 Å². The number of rotatable bonds is 10. The molecule has 1 aromatic carbocycles. The highest BCUT2D eigenvalue weighted by molar-refractivity contribution is 5.88. The quantitative estimate of drug-likeness (QED) is 0.396. The van der Waals surface area contributed by atoms with E-state index < -0.39 is 6.29 Å². The number of aryl methyl sites for hydroxylation is 1. The van der Waals surface area contributed by atoms with Gasteiger partial charge in [0.25, 0.3) is 0 Å². The Balaban J connectivity index is 0.00000176. The molecule has 2 aromatic rings. The number of nitrogens with zero attached hydrogens (tertiary/aromatic N) is 5. The first-order chi connectivity index (χ1) is 17.6. The van der Waals surface area contributed by atoms with Gasteiger partial charge in [0.1, 0.15) is 5.69 Å². The van der Waals surface area contributed by atoms with Gasteiger partial charge in [-0.25, -0.2) is 5.01 Å². The van der Waals surface area contributed by atoms with Crippen LogP contribution in [0, 0.1) is 6.92 Å². The summed E-state index contributed by atoms with van der Waals surface area (Å²) < 4.78 is 13.7. The van der Waals surface area contributed by atoms with Crippen LogP contribution in [0.1, 0.15) is 50.9 Å². The predicted octanol–water partition coefficient (Wildman–Crippen LogP) is 3.63. The number of aromatic nitrogens is 2. The lowest BCUT2D eigenvalue weighted by Gasteiger charge is -2.31. The predicted molar refractivity (Wildman–Crippen MR) is 145 cm³/mol. The summed E-state index contributed by atoms with van der Waals surface area (Å²) in [5.41, 5.74) is 4.00. The van der Waals surface area contributed by atoms with Gasteiger partial charge in [-0.05, 0) is 44.9 Å². The number of hydrazine groups is 1. The molecule has 0 saturated carbocycles. The maximum atomic E-state index is 12.3. The number of anilines is 2. The van der Waals surface area contributed by atoms with Crippen LogP contribution in [0.2, 0.25) is 0 Å². The molecule has 0 radical (unpaired) electrons. The normalized spacial score (nSPS) is 15.6. The number of hydrogen-bond donors (Lipinski definition) is 1. The van der Waals surface area contributed by atoms with Gasteiger partial charge in [-0.15, -0.1) is 0 Å². The zero-order valence-corrected chi connectivity index (χ0v) is 22.5. The molecule has 1 fully saturated rings. The fourth-order valence-corrected chi connectivity index (χ4v) is 4.61. The van der Waals surface area contributed by atoms with E-state index in [0.29, 0.717) is 37.8 Å². The summed E-state index contributed by atoms with van der Waals surface area (Å²) in [6.07, 6.45) is 1.36. The van der Waals surface area contributed by atoms with Crippen molar-refractivity contribution in [2.24, 2.45) is 0 Å². The van der Waals surface area contributed by atoms with Gasteiger partial charge in [-0.2, -0.15) is 4.98 Å². The molecular weight excluding hydrogens is 456 g/mol. The maximum absolute atomic E-state index is 12.3. The van der Waals surface area contributed by atoms with Gasteiger partial charge in [0.05, 0.1) is 18.8 Å². The van der Waals surface area contributed by atoms with Crippen molar-refractivity contribution in [3.63, 3.8) is 0 Å². The smallest absolute Gasteiger partial charge is 0.234 e. The van der Waals surface area contributed by atoms with Gasteiger partial charge in [-0.1, -0.05) is 44.7 Å². The van der Waals surface area contributed by atoms with Crippen LogP contribution in [-0.2, 0) is 20.8 Å². The highest BCUT2D eigenvalue weighted by Gasteiger charge is 2.39. The van der Waals surface area contributed by atoms with Crippen LogP contribution in [0.15, 0.2) is 30.8 Å². The molecule has 9 heteroatoms. The monoisotopic (exact) mass is 498 g/mol. The molecule has 1 N–H and O–H groups in total. The standard InChI is InChI=1S/C25H36N6O3.C2H6/c1-5-33-22(34-6-2)17-30-20(4)23-24(31(30)18-32)27-25(28-14-9-12-26-13-15-28)29(23)16-21-11-8-7-10-19(21)3;1-2/h7-8,10-11,18,22,26H,4-6,9,12-17H2,1-3H3;1-2H3. The molecule has 1 aromatic heterocycles. The second kappa shape index (κ2) is 13.4. The number of ether oxygens (including phenoxy) is 2. The van der Waals surface area contributed by atoms with E-state index in [9.17, 15) is 4.79 Å². The summed E-state index contributed by atoms with van der Waals surface area (Å²) in [5, 5.41) is 6.80. The lowest BCUT2D eigenvalue weighted by molar-refractivity contribution is -0.143. The van der Waals surface area contributed by atoms with Crippen molar-refractivity contribution in [3.05, 3.63) is 47.7 Å². The molecule has 0 bridgehead atoms. The van der Waals surface area contributed by atoms with E-state index in [1.807, 2.05) is 32.7 Å².